The summed E-state index contributed by atoms with van der Waals surface area (Å²) in [5, 5.41) is 9.05. The molecule has 0 saturated heterocycles. The number of rotatable bonds is 6. The van der Waals surface area contributed by atoms with Crippen molar-refractivity contribution in [3.8, 4) is 0 Å². The molecule has 0 aliphatic carbocycles. The highest BCUT2D eigenvalue weighted by Crippen LogP contribution is 2.27. The predicted molar refractivity (Wildman–Crippen MR) is 45.4 cm³/mol. The summed E-state index contributed by atoms with van der Waals surface area (Å²) >= 11 is 0. The van der Waals surface area contributed by atoms with E-state index >= 15 is 0 Å². The molecule has 1 nitrogen and oxygen atoms in total. The smallest absolute Gasteiger partial charge is 0.273 e. The highest BCUT2D eigenvalue weighted by molar-refractivity contribution is 4.75. The fourth-order valence-corrected chi connectivity index (χ4v) is 1.06. The molecule has 12 heavy (non-hydrogen) atoms. The molecule has 0 aromatic carbocycles. The van der Waals surface area contributed by atoms with Gasteiger partial charge < -0.3 is 5.11 Å². The zero-order valence-corrected chi connectivity index (χ0v) is 7.82. The lowest BCUT2D eigenvalue weighted by Crippen LogP contribution is -2.33. The second-order valence-corrected chi connectivity index (χ2v) is 3.17. The van der Waals surface area contributed by atoms with Crippen LogP contribution < -0.4 is 0 Å². The number of alkyl halides is 2. The second-order valence-electron chi connectivity index (χ2n) is 3.17. The van der Waals surface area contributed by atoms with E-state index < -0.39 is 12.0 Å². The molecule has 0 rings (SSSR count). The Morgan fingerprint density at radius 1 is 1.25 bits per heavy atom. The van der Waals surface area contributed by atoms with Gasteiger partial charge in [-0.3, -0.25) is 0 Å². The summed E-state index contributed by atoms with van der Waals surface area (Å²) in [4.78, 5) is 0. The van der Waals surface area contributed by atoms with E-state index in [1.54, 1.807) is 6.92 Å². The standard InChI is InChI=1S/C9H18F2O/c1-3-5-7-9(10,11)8(12)6-4-2/h8,12H,3-7H2,1-2H3. The molecule has 0 radical (unpaired) electrons. The van der Waals surface area contributed by atoms with Crippen LogP contribution in [-0.2, 0) is 0 Å². The van der Waals surface area contributed by atoms with Crippen molar-refractivity contribution in [1.82, 2.24) is 0 Å². The van der Waals surface area contributed by atoms with Gasteiger partial charge in [0.1, 0.15) is 6.10 Å². The zero-order valence-electron chi connectivity index (χ0n) is 7.82. The minimum absolute atomic E-state index is 0.190. The molecule has 0 spiro atoms. The number of unbranched alkanes of at least 4 members (excludes halogenated alkanes) is 1. The summed E-state index contributed by atoms with van der Waals surface area (Å²) in [7, 11) is 0. The lowest BCUT2D eigenvalue weighted by Gasteiger charge is -2.21. The molecule has 1 unspecified atom stereocenters. The monoisotopic (exact) mass is 180 g/mol. The lowest BCUT2D eigenvalue weighted by atomic mass is 10.0. The Bertz CT molecular complexity index is 115. The lowest BCUT2D eigenvalue weighted by molar-refractivity contribution is -0.117. The molecule has 0 heterocycles. The highest BCUT2D eigenvalue weighted by Gasteiger charge is 2.36. The largest absolute Gasteiger partial charge is 0.387 e. The van der Waals surface area contributed by atoms with Crippen LogP contribution in [0.25, 0.3) is 0 Å². The van der Waals surface area contributed by atoms with Crippen LogP contribution in [0.1, 0.15) is 46.0 Å². The number of hydrogen-bond donors (Lipinski definition) is 1. The fraction of sp³-hybridized carbons (Fsp3) is 1.00. The van der Waals surface area contributed by atoms with E-state index in [0.29, 0.717) is 12.8 Å². The van der Waals surface area contributed by atoms with Crippen molar-refractivity contribution in [1.29, 1.82) is 0 Å². The Morgan fingerprint density at radius 2 is 1.83 bits per heavy atom. The minimum atomic E-state index is -2.88. The van der Waals surface area contributed by atoms with Gasteiger partial charge in [0.05, 0.1) is 0 Å². The maximum atomic E-state index is 12.9. The van der Waals surface area contributed by atoms with Crippen LogP contribution in [0.4, 0.5) is 8.78 Å². The summed E-state index contributed by atoms with van der Waals surface area (Å²) in [6, 6.07) is 0. The second kappa shape index (κ2) is 5.46. The van der Waals surface area contributed by atoms with E-state index in [0.717, 1.165) is 6.42 Å². The first-order valence-electron chi connectivity index (χ1n) is 4.60. The highest BCUT2D eigenvalue weighted by atomic mass is 19.3. The van der Waals surface area contributed by atoms with Crippen LogP contribution >= 0.6 is 0 Å². The van der Waals surface area contributed by atoms with E-state index in [-0.39, 0.29) is 12.8 Å². The van der Waals surface area contributed by atoms with Gasteiger partial charge in [-0.25, -0.2) is 8.78 Å². The van der Waals surface area contributed by atoms with Crippen molar-refractivity contribution >= 4 is 0 Å². The number of aliphatic hydroxyl groups is 1. The maximum absolute atomic E-state index is 12.9. The SMILES string of the molecule is CCCCC(F)(F)C(O)CCC. The number of aliphatic hydroxyl groups excluding tert-OH is 1. The first kappa shape index (κ1) is 11.8. The van der Waals surface area contributed by atoms with Gasteiger partial charge >= 0.3 is 0 Å². The molecule has 0 bridgehead atoms. The van der Waals surface area contributed by atoms with Crippen LogP contribution in [0.5, 0.6) is 0 Å². The molecule has 0 fully saturated rings. The van der Waals surface area contributed by atoms with Crippen molar-refractivity contribution < 1.29 is 13.9 Å². The zero-order chi connectivity index (χ0) is 9.61. The molecule has 74 valence electrons. The van der Waals surface area contributed by atoms with Gasteiger partial charge in [-0.1, -0.05) is 26.7 Å². The molecule has 3 heteroatoms. The Labute approximate surface area is 72.8 Å². The quantitative estimate of drug-likeness (QED) is 0.666. The Morgan fingerprint density at radius 3 is 2.25 bits per heavy atom. The van der Waals surface area contributed by atoms with E-state index in [9.17, 15) is 8.78 Å². The van der Waals surface area contributed by atoms with Gasteiger partial charge in [-0.2, -0.15) is 0 Å². The van der Waals surface area contributed by atoms with Crippen molar-refractivity contribution in [2.75, 3.05) is 0 Å². The molecule has 1 atom stereocenters. The third-order valence-electron chi connectivity index (χ3n) is 1.91. The van der Waals surface area contributed by atoms with E-state index in [1.165, 1.54) is 0 Å². The molecule has 0 amide bonds. The Balaban J connectivity index is 3.81. The van der Waals surface area contributed by atoms with Crippen molar-refractivity contribution in [2.24, 2.45) is 0 Å². The number of hydrogen-bond acceptors (Lipinski definition) is 1. The van der Waals surface area contributed by atoms with Crippen molar-refractivity contribution in [2.45, 2.75) is 58.0 Å². The van der Waals surface area contributed by atoms with E-state index in [4.69, 9.17) is 5.11 Å². The summed E-state index contributed by atoms with van der Waals surface area (Å²) in [6.45, 7) is 3.65. The Kier molecular flexibility index (Phi) is 5.38. The summed E-state index contributed by atoms with van der Waals surface area (Å²) < 4.78 is 25.9. The molecule has 0 saturated carbocycles. The molecule has 1 N–H and O–H groups in total. The van der Waals surface area contributed by atoms with Gasteiger partial charge in [0.2, 0.25) is 0 Å². The first-order chi connectivity index (χ1) is 5.54. The fourth-order valence-electron chi connectivity index (χ4n) is 1.06. The van der Waals surface area contributed by atoms with Gasteiger partial charge in [-0.15, -0.1) is 0 Å². The minimum Gasteiger partial charge on any atom is -0.387 e. The molecular formula is C9H18F2O. The third-order valence-corrected chi connectivity index (χ3v) is 1.91. The average molecular weight is 180 g/mol. The van der Waals surface area contributed by atoms with Gasteiger partial charge in [0.15, 0.2) is 0 Å². The van der Waals surface area contributed by atoms with Crippen LogP contribution in [0.2, 0.25) is 0 Å². The van der Waals surface area contributed by atoms with Crippen molar-refractivity contribution in [3.63, 3.8) is 0 Å². The average Bonchev–Trinajstić information content (AvgIpc) is 2.01. The molecule has 0 aromatic heterocycles. The van der Waals surface area contributed by atoms with E-state index in [1.807, 2.05) is 6.92 Å². The summed E-state index contributed by atoms with van der Waals surface area (Å²) in [5.74, 6) is -2.88. The van der Waals surface area contributed by atoms with Crippen LogP contribution in [-0.4, -0.2) is 17.1 Å². The van der Waals surface area contributed by atoms with Crippen LogP contribution in [0.3, 0.4) is 0 Å². The molecule has 0 aliphatic rings. The van der Waals surface area contributed by atoms with Gasteiger partial charge in [0.25, 0.3) is 5.92 Å². The predicted octanol–water partition coefficient (Wildman–Crippen LogP) is 2.97. The van der Waals surface area contributed by atoms with E-state index in [2.05, 4.69) is 0 Å². The van der Waals surface area contributed by atoms with Crippen LogP contribution in [0.15, 0.2) is 0 Å². The topological polar surface area (TPSA) is 20.2 Å². The van der Waals surface area contributed by atoms with Gasteiger partial charge in [-0.05, 0) is 12.8 Å². The first-order valence-corrected chi connectivity index (χ1v) is 4.60. The summed E-state index contributed by atoms with van der Waals surface area (Å²) in [5.41, 5.74) is 0. The Hall–Kier alpha value is -0.180. The van der Waals surface area contributed by atoms with Crippen molar-refractivity contribution in [3.05, 3.63) is 0 Å². The maximum Gasteiger partial charge on any atom is 0.273 e. The molecular weight excluding hydrogens is 162 g/mol. The third kappa shape index (κ3) is 4.00. The number of halogens is 2. The molecule has 0 aromatic rings. The van der Waals surface area contributed by atoms with Crippen LogP contribution in [0, 0.1) is 0 Å². The summed E-state index contributed by atoms with van der Waals surface area (Å²) in [6.07, 6.45) is 0.376. The molecule has 0 aliphatic heterocycles. The van der Waals surface area contributed by atoms with Gasteiger partial charge in [0, 0.05) is 6.42 Å². The normalized spacial score (nSPS) is 14.8.